The van der Waals surface area contributed by atoms with Crippen LogP contribution < -0.4 is 20.7 Å². The number of carbonyl (C=O) groups excluding carboxylic acids is 1. The third-order valence-electron chi connectivity index (χ3n) is 5.39. The van der Waals surface area contributed by atoms with E-state index in [0.29, 0.717) is 40.8 Å². The summed E-state index contributed by atoms with van der Waals surface area (Å²) < 4.78 is 7.56. The lowest BCUT2D eigenvalue weighted by Gasteiger charge is -2.26. The number of hydrogen-bond acceptors (Lipinski definition) is 8. The highest BCUT2D eigenvalue weighted by molar-refractivity contribution is 6.58. The van der Waals surface area contributed by atoms with Gasteiger partial charge in [-0.25, -0.2) is 9.97 Å². The Hall–Kier alpha value is -3.21. The Morgan fingerprint density at radius 1 is 1.33 bits per heavy atom. The first kappa shape index (κ1) is 23.0. The van der Waals surface area contributed by atoms with E-state index in [-0.39, 0.29) is 18.1 Å². The molecule has 3 aromatic rings. The van der Waals surface area contributed by atoms with Gasteiger partial charge in [0.05, 0.1) is 12.3 Å². The van der Waals surface area contributed by atoms with Crippen molar-refractivity contribution in [2.75, 3.05) is 17.7 Å². The third kappa shape index (κ3) is 5.41. The molecule has 1 aliphatic rings. The van der Waals surface area contributed by atoms with Gasteiger partial charge in [-0.1, -0.05) is 0 Å². The van der Waals surface area contributed by atoms with Gasteiger partial charge in [-0.2, -0.15) is 9.61 Å². The van der Waals surface area contributed by atoms with Crippen LogP contribution in [0.2, 0.25) is 0 Å². The lowest BCUT2D eigenvalue weighted by Crippen LogP contribution is -2.39. The third-order valence-corrected chi connectivity index (χ3v) is 5.39. The van der Waals surface area contributed by atoms with Crippen LogP contribution in [0, 0.1) is 0 Å². The van der Waals surface area contributed by atoms with Crippen LogP contribution in [0.5, 0.6) is 5.88 Å². The zero-order chi connectivity index (χ0) is 23.6. The molecule has 1 fully saturated rings. The van der Waals surface area contributed by atoms with E-state index in [4.69, 9.17) is 4.74 Å². The summed E-state index contributed by atoms with van der Waals surface area (Å²) in [5.41, 5.74) is 1.45. The molecule has 1 amide bonds. The van der Waals surface area contributed by atoms with E-state index >= 15 is 0 Å². The van der Waals surface area contributed by atoms with Crippen molar-refractivity contribution in [1.82, 2.24) is 24.9 Å². The predicted octanol–water partition coefficient (Wildman–Crippen LogP) is -1.17. The maximum absolute atomic E-state index is 13.0. The fourth-order valence-electron chi connectivity index (χ4n) is 3.92. The summed E-state index contributed by atoms with van der Waals surface area (Å²) in [4.78, 5) is 22.0. The molecule has 0 aromatic carbocycles. The van der Waals surface area contributed by atoms with Crippen molar-refractivity contribution in [3.8, 4) is 5.88 Å². The number of nitrogens with zero attached hydrogens (tertiary/aromatic N) is 4. The van der Waals surface area contributed by atoms with Crippen molar-refractivity contribution >= 4 is 52.4 Å². The molecule has 3 heterocycles. The molecule has 33 heavy (non-hydrogen) atoms. The first-order valence-electron chi connectivity index (χ1n) is 11.2. The number of nitrogens with one attached hydrogen (secondary N) is 3. The zero-order valence-corrected chi connectivity index (χ0v) is 19.4. The van der Waals surface area contributed by atoms with Crippen molar-refractivity contribution in [1.29, 1.82) is 0 Å². The number of aromatic nitrogens is 4. The van der Waals surface area contributed by atoms with Gasteiger partial charge in [-0.15, -0.1) is 0 Å². The SMILES string of the molecule is BC(B)(B)Oc1ncccc1Nc1cc(NC)n2ncc(C(=O)N[C@H]3CCC[C@H](O)C3)c2n1. The minimum Gasteiger partial charge on any atom is -0.497 e. The molecule has 0 radical (unpaired) electrons. The number of pyridine rings is 1. The number of carbonyl (C=O) groups is 1. The quantitative estimate of drug-likeness (QED) is 0.335. The molecule has 0 bridgehead atoms. The number of amides is 1. The second-order valence-corrected chi connectivity index (χ2v) is 9.26. The van der Waals surface area contributed by atoms with E-state index in [1.165, 1.54) is 6.20 Å². The van der Waals surface area contributed by atoms with Crippen LogP contribution in [0.25, 0.3) is 5.65 Å². The molecule has 1 saturated carbocycles. The van der Waals surface area contributed by atoms with E-state index < -0.39 is 5.30 Å². The summed E-state index contributed by atoms with van der Waals surface area (Å²) in [5.74, 6) is 1.38. The molecule has 13 heteroatoms. The average Bonchev–Trinajstić information content (AvgIpc) is 3.18. The molecule has 0 saturated heterocycles. The first-order valence-corrected chi connectivity index (χ1v) is 11.2. The molecule has 3 aromatic heterocycles. The van der Waals surface area contributed by atoms with Gasteiger partial charge in [0.2, 0.25) is 5.88 Å². The van der Waals surface area contributed by atoms with Crippen LogP contribution in [0.3, 0.4) is 0 Å². The lowest BCUT2D eigenvalue weighted by molar-refractivity contribution is 0.0851. The highest BCUT2D eigenvalue weighted by Gasteiger charge is 2.24. The minimum atomic E-state index is -0.415. The highest BCUT2D eigenvalue weighted by Crippen LogP contribution is 2.28. The van der Waals surface area contributed by atoms with Crippen molar-refractivity contribution in [2.45, 2.75) is 43.1 Å². The van der Waals surface area contributed by atoms with Crippen LogP contribution in [0.15, 0.2) is 30.6 Å². The van der Waals surface area contributed by atoms with Gasteiger partial charge < -0.3 is 25.8 Å². The summed E-state index contributed by atoms with van der Waals surface area (Å²) in [5, 5.41) is 23.2. The van der Waals surface area contributed by atoms with Gasteiger partial charge in [0.25, 0.3) is 5.91 Å². The van der Waals surface area contributed by atoms with Gasteiger partial charge in [0.15, 0.2) is 5.65 Å². The van der Waals surface area contributed by atoms with Gasteiger partial charge in [0.1, 0.15) is 46.4 Å². The fraction of sp³-hybridized carbons (Fsp3) is 0.400. The first-order chi connectivity index (χ1) is 15.7. The summed E-state index contributed by atoms with van der Waals surface area (Å²) in [6.45, 7) is 0. The van der Waals surface area contributed by atoms with E-state index in [0.717, 1.165) is 19.3 Å². The molecule has 0 aliphatic heterocycles. The standard InChI is InChI=1S/C20H28B3N7O3/c1-24-16-9-15(28-14-6-3-7-25-19(14)33-20(21,22)23)29-17-13(10-26-30(16)17)18(32)27-11-4-2-5-12(31)8-11/h3,6-7,9-12,24,31H,2,4-5,8,21-23H2,1H3,(H,27,32)(H,28,29)/t11-,12-/m0/s1. The van der Waals surface area contributed by atoms with Crippen molar-refractivity contribution in [3.05, 3.63) is 36.2 Å². The average molecular weight is 447 g/mol. The van der Waals surface area contributed by atoms with Gasteiger partial charge in [-0.3, -0.25) is 4.79 Å². The molecular weight excluding hydrogens is 419 g/mol. The van der Waals surface area contributed by atoms with Crippen molar-refractivity contribution < 1.29 is 14.6 Å². The van der Waals surface area contributed by atoms with Crippen molar-refractivity contribution in [3.63, 3.8) is 0 Å². The maximum Gasteiger partial charge on any atom is 0.256 e. The van der Waals surface area contributed by atoms with Crippen LogP contribution in [0.1, 0.15) is 36.0 Å². The topological polar surface area (TPSA) is 126 Å². The number of aliphatic hydroxyl groups is 1. The molecule has 1 aliphatic carbocycles. The van der Waals surface area contributed by atoms with Crippen LogP contribution in [-0.4, -0.2) is 78.6 Å². The van der Waals surface area contributed by atoms with E-state index in [1.807, 2.05) is 35.7 Å². The molecule has 4 N–H and O–H groups in total. The molecule has 0 unspecified atom stereocenters. The zero-order valence-electron chi connectivity index (χ0n) is 19.4. The smallest absolute Gasteiger partial charge is 0.256 e. The Labute approximate surface area is 195 Å². The Balaban J connectivity index is 1.64. The molecule has 170 valence electrons. The van der Waals surface area contributed by atoms with E-state index in [1.54, 1.807) is 23.8 Å². The Bertz CT molecular complexity index is 1150. The van der Waals surface area contributed by atoms with Gasteiger partial charge >= 0.3 is 0 Å². The van der Waals surface area contributed by atoms with E-state index in [2.05, 4.69) is 31.0 Å². The molecule has 0 spiro atoms. The van der Waals surface area contributed by atoms with Gasteiger partial charge in [-0.05, 0) is 37.8 Å². The van der Waals surface area contributed by atoms with Gasteiger partial charge in [0, 0.05) is 30.7 Å². The van der Waals surface area contributed by atoms with E-state index in [9.17, 15) is 9.90 Å². The summed E-state index contributed by atoms with van der Waals surface area (Å²) in [7, 11) is 7.65. The second kappa shape index (κ2) is 9.34. The predicted molar refractivity (Wildman–Crippen MR) is 135 cm³/mol. The molecule has 10 nitrogen and oxygen atoms in total. The molecule has 4 rings (SSSR count). The number of fused-ring (bicyclic) bond motifs is 1. The van der Waals surface area contributed by atoms with Crippen LogP contribution >= 0.6 is 0 Å². The number of rotatable bonds is 7. The number of ether oxygens (including phenoxy) is 1. The number of hydrogen-bond donors (Lipinski definition) is 4. The minimum absolute atomic E-state index is 0.0613. The summed E-state index contributed by atoms with van der Waals surface area (Å²) in [6, 6.07) is 5.41. The maximum atomic E-state index is 13.0. The summed E-state index contributed by atoms with van der Waals surface area (Å²) >= 11 is 0. The summed E-state index contributed by atoms with van der Waals surface area (Å²) in [6.07, 6.45) is 5.89. The Morgan fingerprint density at radius 2 is 2.15 bits per heavy atom. The molecule has 2 atom stereocenters. The number of aliphatic hydroxyl groups excluding tert-OH is 1. The number of anilines is 3. The fourth-order valence-corrected chi connectivity index (χ4v) is 3.92. The normalized spacial score (nSPS) is 18.6. The molecular formula is C20H28B3N7O3. The van der Waals surface area contributed by atoms with Crippen LogP contribution in [0.4, 0.5) is 17.3 Å². The van der Waals surface area contributed by atoms with Crippen LogP contribution in [-0.2, 0) is 0 Å². The second-order valence-electron chi connectivity index (χ2n) is 9.26. The Morgan fingerprint density at radius 3 is 2.88 bits per heavy atom. The Kier molecular flexibility index (Phi) is 6.50. The largest absolute Gasteiger partial charge is 0.497 e. The monoisotopic (exact) mass is 447 g/mol. The highest BCUT2D eigenvalue weighted by atomic mass is 16.5. The van der Waals surface area contributed by atoms with Crippen molar-refractivity contribution in [2.24, 2.45) is 0 Å². The lowest BCUT2D eigenvalue weighted by atomic mass is 9.52.